The monoisotopic (exact) mass is 482 g/mol. The summed E-state index contributed by atoms with van der Waals surface area (Å²) in [6.45, 7) is 5.94. The van der Waals surface area contributed by atoms with Gasteiger partial charge in [-0.25, -0.2) is 4.79 Å². The standard InChI is InChI=1S/C22H28Cl2N4O4/c1-21(2,3)32-20(30)28-9-5-7-22(28,19(29)27-8-4-6-14(27)12-25)13-31-18-11-17(26)15(23)10-16(18)24/h10-11,14H,4-9,13,26H2,1-3H3/t14-,22+/m0/s1. The van der Waals surface area contributed by atoms with Crippen molar-refractivity contribution in [1.82, 2.24) is 9.80 Å². The van der Waals surface area contributed by atoms with Gasteiger partial charge in [-0.3, -0.25) is 9.69 Å². The van der Waals surface area contributed by atoms with E-state index >= 15 is 0 Å². The molecule has 0 unspecified atom stereocenters. The summed E-state index contributed by atoms with van der Waals surface area (Å²) in [4.78, 5) is 29.9. The Morgan fingerprint density at radius 2 is 1.97 bits per heavy atom. The Kier molecular flexibility index (Phi) is 7.01. The highest BCUT2D eigenvalue weighted by atomic mass is 35.5. The Hall–Kier alpha value is -2.37. The van der Waals surface area contributed by atoms with Crippen molar-refractivity contribution >= 4 is 40.9 Å². The number of nitriles is 1. The van der Waals surface area contributed by atoms with E-state index < -0.39 is 23.3 Å². The number of anilines is 1. The third-order valence-electron chi connectivity index (χ3n) is 5.68. The molecule has 3 rings (SSSR count). The molecule has 32 heavy (non-hydrogen) atoms. The zero-order valence-electron chi connectivity index (χ0n) is 18.5. The van der Waals surface area contributed by atoms with Crippen LogP contribution in [0.1, 0.15) is 46.5 Å². The second kappa shape index (κ2) is 9.24. The lowest BCUT2D eigenvalue weighted by Crippen LogP contribution is -2.62. The highest BCUT2D eigenvalue weighted by Crippen LogP contribution is 2.38. The van der Waals surface area contributed by atoms with Gasteiger partial charge in [0.05, 0.1) is 21.8 Å². The number of nitrogens with two attached hydrogens (primary N) is 1. The highest BCUT2D eigenvalue weighted by molar-refractivity contribution is 6.37. The molecule has 0 saturated carbocycles. The Bertz CT molecular complexity index is 943. The molecule has 1 aromatic carbocycles. The molecule has 2 aliphatic rings. The number of ether oxygens (including phenoxy) is 2. The molecular formula is C22H28Cl2N4O4. The van der Waals surface area contributed by atoms with Crippen molar-refractivity contribution in [1.29, 1.82) is 5.26 Å². The molecule has 2 amide bonds. The average molecular weight is 483 g/mol. The zero-order chi connectivity index (χ0) is 23.7. The van der Waals surface area contributed by atoms with Crippen LogP contribution in [0.15, 0.2) is 12.1 Å². The first-order chi connectivity index (χ1) is 15.0. The van der Waals surface area contributed by atoms with Gasteiger partial charge in [0.1, 0.15) is 24.0 Å². The molecule has 2 fully saturated rings. The quantitative estimate of drug-likeness (QED) is 0.642. The predicted octanol–water partition coefficient (Wildman–Crippen LogP) is 4.24. The molecule has 0 spiro atoms. The largest absolute Gasteiger partial charge is 0.489 e. The lowest BCUT2D eigenvalue weighted by Gasteiger charge is -2.40. The van der Waals surface area contributed by atoms with Crippen LogP contribution in [-0.4, -0.2) is 58.7 Å². The summed E-state index contributed by atoms with van der Waals surface area (Å²) < 4.78 is 11.6. The predicted molar refractivity (Wildman–Crippen MR) is 122 cm³/mol. The number of hydrogen-bond donors (Lipinski definition) is 1. The molecule has 10 heteroatoms. The van der Waals surface area contributed by atoms with Gasteiger partial charge in [0, 0.05) is 19.2 Å². The summed E-state index contributed by atoms with van der Waals surface area (Å²) in [5.74, 6) is -0.0574. The summed E-state index contributed by atoms with van der Waals surface area (Å²) in [6, 6.07) is 4.62. The molecule has 2 atom stereocenters. The van der Waals surface area contributed by atoms with Crippen LogP contribution in [0, 0.1) is 11.3 Å². The van der Waals surface area contributed by atoms with Gasteiger partial charge in [0.15, 0.2) is 5.54 Å². The first kappa shape index (κ1) is 24.3. The molecule has 174 valence electrons. The first-order valence-corrected chi connectivity index (χ1v) is 11.3. The lowest BCUT2D eigenvalue weighted by molar-refractivity contribution is -0.144. The van der Waals surface area contributed by atoms with E-state index in [1.807, 2.05) is 0 Å². The SMILES string of the molecule is CC(C)(C)OC(=O)N1CCC[C@@]1(COc1cc(N)c(Cl)cc1Cl)C(=O)N1CCC[C@H]1C#N. The Morgan fingerprint density at radius 3 is 2.62 bits per heavy atom. The summed E-state index contributed by atoms with van der Waals surface area (Å²) in [5, 5.41) is 10.0. The van der Waals surface area contributed by atoms with Crippen LogP contribution < -0.4 is 10.5 Å². The number of rotatable bonds is 4. The normalized spacial score (nSPS) is 23.2. The number of nitrogen functional groups attached to an aromatic ring is 1. The third-order valence-corrected chi connectivity index (χ3v) is 6.30. The highest BCUT2D eigenvalue weighted by Gasteiger charge is 2.55. The number of halogens is 2. The zero-order valence-corrected chi connectivity index (χ0v) is 20.0. The maximum absolute atomic E-state index is 13.8. The van der Waals surface area contributed by atoms with E-state index in [0.29, 0.717) is 37.4 Å². The molecule has 2 aliphatic heterocycles. The Morgan fingerprint density at radius 1 is 1.25 bits per heavy atom. The van der Waals surface area contributed by atoms with Gasteiger partial charge >= 0.3 is 6.09 Å². The Balaban J connectivity index is 1.96. The smallest absolute Gasteiger partial charge is 0.411 e. The van der Waals surface area contributed by atoms with E-state index in [9.17, 15) is 14.9 Å². The second-order valence-electron chi connectivity index (χ2n) is 9.15. The molecule has 2 N–H and O–H groups in total. The summed E-state index contributed by atoms with van der Waals surface area (Å²) in [5.41, 5.74) is 4.11. The van der Waals surface area contributed by atoms with Crippen LogP contribution in [0.3, 0.4) is 0 Å². The molecule has 0 aliphatic carbocycles. The molecule has 0 aromatic heterocycles. The minimum Gasteiger partial charge on any atom is -0.489 e. The molecule has 0 radical (unpaired) electrons. The summed E-state index contributed by atoms with van der Waals surface area (Å²) in [6.07, 6.45) is 1.70. The molecule has 1 aromatic rings. The number of carbonyl (C=O) groups excluding carboxylic acids is 2. The maximum atomic E-state index is 13.8. The molecule has 2 saturated heterocycles. The van der Waals surface area contributed by atoms with Crippen molar-refractivity contribution in [3.05, 3.63) is 22.2 Å². The van der Waals surface area contributed by atoms with Gasteiger partial charge in [-0.15, -0.1) is 0 Å². The molecular weight excluding hydrogens is 455 g/mol. The van der Waals surface area contributed by atoms with Crippen molar-refractivity contribution in [3.8, 4) is 11.8 Å². The van der Waals surface area contributed by atoms with Gasteiger partial charge in [0.25, 0.3) is 5.91 Å². The van der Waals surface area contributed by atoms with Crippen molar-refractivity contribution in [2.24, 2.45) is 0 Å². The number of benzene rings is 1. The fraction of sp³-hybridized carbons (Fsp3) is 0.591. The van der Waals surface area contributed by atoms with E-state index in [1.54, 1.807) is 25.7 Å². The first-order valence-electron chi connectivity index (χ1n) is 10.6. The van der Waals surface area contributed by atoms with Crippen molar-refractivity contribution in [2.75, 3.05) is 25.4 Å². The third kappa shape index (κ3) is 4.84. The summed E-state index contributed by atoms with van der Waals surface area (Å²) >= 11 is 12.3. The van der Waals surface area contributed by atoms with Gasteiger partial charge in [-0.1, -0.05) is 23.2 Å². The second-order valence-corrected chi connectivity index (χ2v) is 9.96. The summed E-state index contributed by atoms with van der Waals surface area (Å²) in [7, 11) is 0. The van der Waals surface area contributed by atoms with Crippen LogP contribution in [0.2, 0.25) is 10.0 Å². The number of amides is 2. The van der Waals surface area contributed by atoms with E-state index in [2.05, 4.69) is 6.07 Å². The van der Waals surface area contributed by atoms with Gasteiger partial charge in [-0.2, -0.15) is 5.26 Å². The average Bonchev–Trinajstić information content (AvgIpc) is 3.35. The van der Waals surface area contributed by atoms with Crippen LogP contribution in [0.5, 0.6) is 5.75 Å². The van der Waals surface area contributed by atoms with Crippen LogP contribution in [0.25, 0.3) is 0 Å². The molecule has 8 nitrogen and oxygen atoms in total. The van der Waals surface area contributed by atoms with Crippen LogP contribution >= 0.6 is 23.2 Å². The van der Waals surface area contributed by atoms with Gasteiger partial charge in [0.2, 0.25) is 0 Å². The van der Waals surface area contributed by atoms with Gasteiger partial charge < -0.3 is 20.1 Å². The fourth-order valence-electron chi connectivity index (χ4n) is 4.16. The number of carbonyl (C=O) groups is 2. The minimum atomic E-state index is -1.32. The van der Waals surface area contributed by atoms with E-state index in [-0.39, 0.29) is 29.0 Å². The van der Waals surface area contributed by atoms with Gasteiger partial charge in [-0.05, 0) is 52.5 Å². The van der Waals surface area contributed by atoms with E-state index in [0.717, 1.165) is 6.42 Å². The number of likely N-dealkylation sites (tertiary alicyclic amines) is 2. The maximum Gasteiger partial charge on any atom is 0.411 e. The molecule has 0 bridgehead atoms. The minimum absolute atomic E-state index is 0.152. The fourth-order valence-corrected chi connectivity index (χ4v) is 4.60. The molecule has 2 heterocycles. The number of nitrogens with zero attached hydrogens (tertiary/aromatic N) is 3. The van der Waals surface area contributed by atoms with Crippen molar-refractivity contribution in [3.63, 3.8) is 0 Å². The van der Waals surface area contributed by atoms with Crippen molar-refractivity contribution < 1.29 is 19.1 Å². The van der Waals surface area contributed by atoms with Crippen LogP contribution in [-0.2, 0) is 9.53 Å². The van der Waals surface area contributed by atoms with E-state index in [4.69, 9.17) is 38.4 Å². The topological polar surface area (TPSA) is 109 Å². The van der Waals surface area contributed by atoms with Crippen LogP contribution in [0.4, 0.5) is 10.5 Å². The van der Waals surface area contributed by atoms with Crippen molar-refractivity contribution in [2.45, 2.75) is 63.6 Å². The van der Waals surface area contributed by atoms with E-state index in [1.165, 1.54) is 17.0 Å². The number of hydrogen-bond acceptors (Lipinski definition) is 6. The lowest BCUT2D eigenvalue weighted by atomic mass is 9.94. The Labute approximate surface area is 198 Å².